The summed E-state index contributed by atoms with van der Waals surface area (Å²) < 4.78 is 0. The van der Waals surface area contributed by atoms with E-state index in [9.17, 15) is 0 Å². The number of hydrogen-bond acceptors (Lipinski definition) is 0. The maximum Gasteiger partial charge on any atom is -0.0254 e. The third-order valence-corrected chi connectivity index (χ3v) is 1.39. The van der Waals surface area contributed by atoms with E-state index >= 15 is 0 Å². The fourth-order valence-electron chi connectivity index (χ4n) is 0.898. The highest BCUT2D eigenvalue weighted by Gasteiger charge is 1.77. The van der Waals surface area contributed by atoms with E-state index in [1.165, 1.54) is 5.22 Å². The van der Waals surface area contributed by atoms with Crippen LogP contribution in [0.2, 0.25) is 0 Å². The van der Waals surface area contributed by atoms with Crippen LogP contribution in [0.3, 0.4) is 0 Å². The lowest BCUT2D eigenvalue weighted by atomic mass is 10.2. The van der Waals surface area contributed by atoms with Crippen LogP contribution in [-0.4, -0.2) is 0 Å². The average Bonchev–Trinajstić information content (AvgIpc) is 1.93. The number of allylic oxidation sites excluding steroid dienone is 1. The monoisotopic (exact) mass is 144 g/mol. The van der Waals surface area contributed by atoms with E-state index in [4.69, 9.17) is 0 Å². The molecule has 0 saturated carbocycles. The molecule has 1 aromatic rings. The molecule has 0 heteroatoms. The molecule has 0 aliphatic carbocycles. The Hall–Kier alpha value is -1.30. The van der Waals surface area contributed by atoms with Gasteiger partial charge in [0.1, 0.15) is 0 Å². The molecule has 0 bridgehead atoms. The predicted octanol–water partition coefficient (Wildman–Crippen LogP) is 1.45. The molecule has 0 spiro atoms. The van der Waals surface area contributed by atoms with Gasteiger partial charge in [0.2, 0.25) is 0 Å². The molecular formula is C11H12. The lowest BCUT2D eigenvalue weighted by Crippen LogP contribution is -2.04. The molecule has 56 valence electrons. The summed E-state index contributed by atoms with van der Waals surface area (Å²) in [5.74, 6) is 0. The second-order valence-electron chi connectivity index (χ2n) is 2.73. The third-order valence-electron chi connectivity index (χ3n) is 1.39. The molecule has 1 rings (SSSR count). The molecule has 0 aliphatic heterocycles. The van der Waals surface area contributed by atoms with Gasteiger partial charge >= 0.3 is 0 Å². The van der Waals surface area contributed by atoms with Crippen molar-refractivity contribution < 1.29 is 0 Å². The third kappa shape index (κ3) is 2.42. The number of rotatable bonds is 1. The Balaban J connectivity index is 3.18. The normalized spacial score (nSPS) is 9.18. The van der Waals surface area contributed by atoms with Crippen molar-refractivity contribution in [3.8, 4) is 0 Å². The van der Waals surface area contributed by atoms with E-state index in [0.29, 0.717) is 0 Å². The van der Waals surface area contributed by atoms with Crippen molar-refractivity contribution in [2.75, 3.05) is 0 Å². The lowest BCUT2D eigenvalue weighted by molar-refractivity contribution is 1.53. The Morgan fingerprint density at radius 3 is 2.27 bits per heavy atom. The molecule has 0 heterocycles. The van der Waals surface area contributed by atoms with E-state index in [-0.39, 0.29) is 0 Å². The zero-order valence-corrected chi connectivity index (χ0v) is 6.80. The summed E-state index contributed by atoms with van der Waals surface area (Å²) >= 11 is 0. The Morgan fingerprint density at radius 1 is 1.27 bits per heavy atom. The van der Waals surface area contributed by atoms with Crippen molar-refractivity contribution in [2.45, 2.75) is 6.92 Å². The first-order valence-electron chi connectivity index (χ1n) is 3.61. The quantitative estimate of drug-likeness (QED) is 0.559. The summed E-state index contributed by atoms with van der Waals surface area (Å²) in [5.41, 5.74) is 1.07. The largest absolute Gasteiger partial charge is 0.0961 e. The van der Waals surface area contributed by atoms with Crippen LogP contribution in [-0.2, 0) is 0 Å². The SMILES string of the molecule is C=C(C)C=c1ccc(=C)cc1. The molecule has 0 N–H and O–H groups in total. The fraction of sp³-hybridized carbons (Fsp3) is 0.0909. The minimum atomic E-state index is 1.05. The highest BCUT2D eigenvalue weighted by Crippen LogP contribution is 1.85. The van der Waals surface area contributed by atoms with Crippen molar-refractivity contribution in [1.82, 2.24) is 0 Å². The van der Waals surface area contributed by atoms with Crippen molar-refractivity contribution in [3.05, 3.63) is 46.9 Å². The van der Waals surface area contributed by atoms with Crippen molar-refractivity contribution in [1.29, 1.82) is 0 Å². The van der Waals surface area contributed by atoms with Crippen LogP contribution in [0.15, 0.2) is 36.4 Å². The first-order valence-corrected chi connectivity index (χ1v) is 3.61. The minimum Gasteiger partial charge on any atom is -0.0961 e. The van der Waals surface area contributed by atoms with Gasteiger partial charge in [0.15, 0.2) is 0 Å². The molecule has 0 unspecified atom stereocenters. The molecule has 0 aromatic heterocycles. The Kier molecular flexibility index (Phi) is 2.27. The minimum absolute atomic E-state index is 1.05. The smallest absolute Gasteiger partial charge is 0.0254 e. The van der Waals surface area contributed by atoms with Gasteiger partial charge in [-0.1, -0.05) is 49.1 Å². The van der Waals surface area contributed by atoms with Crippen molar-refractivity contribution in [2.24, 2.45) is 0 Å². The first kappa shape index (κ1) is 7.80. The van der Waals surface area contributed by atoms with E-state index in [1.807, 2.05) is 37.3 Å². The van der Waals surface area contributed by atoms with Gasteiger partial charge in [-0.2, -0.15) is 0 Å². The summed E-state index contributed by atoms with van der Waals surface area (Å²) in [7, 11) is 0. The van der Waals surface area contributed by atoms with Crippen LogP contribution in [0.4, 0.5) is 0 Å². The van der Waals surface area contributed by atoms with Crippen LogP contribution in [0.25, 0.3) is 12.7 Å². The molecule has 0 fully saturated rings. The Bertz CT molecular complexity index is 335. The molecule has 0 aliphatic rings. The average molecular weight is 144 g/mol. The predicted molar refractivity (Wildman–Crippen MR) is 50.5 cm³/mol. The Labute approximate surface area is 67.2 Å². The van der Waals surface area contributed by atoms with E-state index in [1.54, 1.807) is 0 Å². The molecular weight excluding hydrogens is 132 g/mol. The zero-order valence-electron chi connectivity index (χ0n) is 6.80. The van der Waals surface area contributed by atoms with Crippen LogP contribution in [0, 0.1) is 0 Å². The van der Waals surface area contributed by atoms with Gasteiger partial charge in [-0.3, -0.25) is 0 Å². The van der Waals surface area contributed by atoms with Gasteiger partial charge in [-0.15, -0.1) is 0 Å². The van der Waals surface area contributed by atoms with Gasteiger partial charge in [0.05, 0.1) is 0 Å². The molecule has 0 saturated heterocycles. The zero-order chi connectivity index (χ0) is 8.27. The highest BCUT2D eigenvalue weighted by molar-refractivity contribution is 5.42. The maximum absolute atomic E-state index is 3.80. The summed E-state index contributed by atoms with van der Waals surface area (Å²) in [6.07, 6.45) is 2.04. The van der Waals surface area contributed by atoms with Crippen LogP contribution < -0.4 is 10.4 Å². The van der Waals surface area contributed by atoms with Gasteiger partial charge in [-0.05, 0) is 17.4 Å². The topological polar surface area (TPSA) is 0 Å². The van der Waals surface area contributed by atoms with Crippen LogP contribution in [0.1, 0.15) is 6.92 Å². The van der Waals surface area contributed by atoms with Gasteiger partial charge in [0, 0.05) is 0 Å². The van der Waals surface area contributed by atoms with Gasteiger partial charge in [-0.25, -0.2) is 0 Å². The summed E-state index contributed by atoms with van der Waals surface area (Å²) in [6.45, 7) is 9.59. The summed E-state index contributed by atoms with van der Waals surface area (Å²) in [4.78, 5) is 0. The maximum atomic E-state index is 3.80. The van der Waals surface area contributed by atoms with E-state index in [0.717, 1.165) is 10.8 Å². The molecule has 11 heavy (non-hydrogen) atoms. The summed E-state index contributed by atoms with van der Waals surface area (Å²) in [6, 6.07) is 8.07. The molecule has 0 amide bonds. The summed E-state index contributed by atoms with van der Waals surface area (Å²) in [5, 5.41) is 2.23. The van der Waals surface area contributed by atoms with E-state index in [2.05, 4.69) is 13.2 Å². The molecule has 0 atom stereocenters. The number of benzene rings is 1. The second kappa shape index (κ2) is 3.20. The van der Waals surface area contributed by atoms with Crippen LogP contribution in [0.5, 0.6) is 0 Å². The molecule has 0 nitrogen and oxygen atoms in total. The van der Waals surface area contributed by atoms with Crippen LogP contribution >= 0.6 is 0 Å². The highest BCUT2D eigenvalue weighted by atomic mass is 13.8. The van der Waals surface area contributed by atoms with E-state index < -0.39 is 0 Å². The first-order chi connectivity index (χ1) is 5.18. The van der Waals surface area contributed by atoms with Gasteiger partial charge < -0.3 is 0 Å². The Morgan fingerprint density at radius 2 is 1.82 bits per heavy atom. The fourth-order valence-corrected chi connectivity index (χ4v) is 0.898. The lowest BCUT2D eigenvalue weighted by Gasteiger charge is -1.86. The van der Waals surface area contributed by atoms with Crippen molar-refractivity contribution >= 4 is 12.7 Å². The molecule has 0 radical (unpaired) electrons. The second-order valence-corrected chi connectivity index (χ2v) is 2.73. The number of hydrogen-bond donors (Lipinski definition) is 0. The van der Waals surface area contributed by atoms with Gasteiger partial charge in [0.25, 0.3) is 0 Å². The van der Waals surface area contributed by atoms with Crippen molar-refractivity contribution in [3.63, 3.8) is 0 Å². The standard InChI is InChI=1S/C11H12/c1-9(2)8-11-6-4-10(3)5-7-11/h4-8H,1,3H2,2H3. The molecule has 1 aromatic carbocycles.